The summed E-state index contributed by atoms with van der Waals surface area (Å²) in [5.41, 5.74) is 2.52. The van der Waals surface area contributed by atoms with Gasteiger partial charge in [0.05, 0.1) is 28.4 Å². The zero-order valence-electron chi connectivity index (χ0n) is 20.7. The molecule has 2 N–H and O–H groups in total. The molecule has 1 aromatic heterocycles. The Morgan fingerprint density at radius 2 is 1.92 bits per heavy atom. The molecule has 38 heavy (non-hydrogen) atoms. The summed E-state index contributed by atoms with van der Waals surface area (Å²) >= 11 is 1.26. The Morgan fingerprint density at radius 1 is 1.13 bits per heavy atom. The minimum Gasteiger partial charge on any atom is -0.508 e. The van der Waals surface area contributed by atoms with Gasteiger partial charge in [0.1, 0.15) is 29.1 Å². The van der Waals surface area contributed by atoms with E-state index < -0.39 is 17.7 Å². The molecule has 1 fully saturated rings. The van der Waals surface area contributed by atoms with Crippen LogP contribution in [0.15, 0.2) is 66.2 Å². The van der Waals surface area contributed by atoms with E-state index in [2.05, 4.69) is 4.98 Å². The summed E-state index contributed by atoms with van der Waals surface area (Å²) in [5.74, 6) is -0.396. The summed E-state index contributed by atoms with van der Waals surface area (Å²) in [6.45, 7) is 4.37. The third-order valence-corrected chi connectivity index (χ3v) is 7.71. The van der Waals surface area contributed by atoms with Crippen LogP contribution in [0.3, 0.4) is 0 Å². The summed E-state index contributed by atoms with van der Waals surface area (Å²) in [6, 6.07) is 16.0. The molecule has 0 spiro atoms. The zero-order valence-corrected chi connectivity index (χ0v) is 21.5. The topological polar surface area (TPSA) is 109 Å². The van der Waals surface area contributed by atoms with Crippen LogP contribution in [0.2, 0.25) is 0 Å². The lowest BCUT2D eigenvalue weighted by Crippen LogP contribution is -2.29. The molecule has 6 rings (SSSR count). The number of ether oxygens (including phenoxy) is 2. The first-order valence-electron chi connectivity index (χ1n) is 12.3. The van der Waals surface area contributed by atoms with Crippen LogP contribution in [-0.2, 0) is 16.0 Å². The number of aromatic hydroxyl groups is 1. The molecule has 2 aliphatic rings. The smallest absolute Gasteiger partial charge is 0.301 e. The molecule has 0 bridgehead atoms. The van der Waals surface area contributed by atoms with E-state index in [4.69, 9.17) is 9.47 Å². The fourth-order valence-electron chi connectivity index (χ4n) is 4.98. The van der Waals surface area contributed by atoms with Gasteiger partial charge in [-0.2, -0.15) is 0 Å². The average molecular weight is 529 g/mol. The standard InChI is InChI=1S/C29H24N2O6S/c1-3-36-20-9-10-21-23(14-20)38-29(30-21)31-25(16-4-7-19(32)8-5-16)24(27(34)28(31)35)26(33)17-6-11-22-18(13-17)12-15(2)37-22/h4-11,13-15,25,32-33H,3,12H2,1-2H3/t15-,25+/m0/s1. The Morgan fingerprint density at radius 3 is 2.68 bits per heavy atom. The Kier molecular flexibility index (Phi) is 5.80. The quantitative estimate of drug-likeness (QED) is 0.204. The molecule has 3 aromatic carbocycles. The first-order valence-corrected chi connectivity index (χ1v) is 13.1. The number of rotatable bonds is 5. The van der Waals surface area contributed by atoms with E-state index in [0.29, 0.717) is 40.6 Å². The number of hydrogen-bond acceptors (Lipinski definition) is 8. The van der Waals surface area contributed by atoms with Crippen molar-refractivity contribution in [1.29, 1.82) is 0 Å². The van der Waals surface area contributed by atoms with Gasteiger partial charge in [-0.05, 0) is 73.5 Å². The summed E-state index contributed by atoms with van der Waals surface area (Å²) in [6.07, 6.45) is 0.703. The van der Waals surface area contributed by atoms with Crippen LogP contribution in [0.5, 0.6) is 17.2 Å². The molecular weight excluding hydrogens is 504 g/mol. The first-order chi connectivity index (χ1) is 18.3. The second-order valence-corrected chi connectivity index (χ2v) is 10.3. The lowest BCUT2D eigenvalue weighted by Gasteiger charge is -2.23. The van der Waals surface area contributed by atoms with Gasteiger partial charge in [0.15, 0.2) is 5.13 Å². The van der Waals surface area contributed by atoms with E-state index in [1.54, 1.807) is 42.5 Å². The Labute approximate surface area is 222 Å². The van der Waals surface area contributed by atoms with Crippen LogP contribution in [0, 0.1) is 0 Å². The number of aromatic nitrogens is 1. The van der Waals surface area contributed by atoms with Crippen molar-refractivity contribution in [3.8, 4) is 17.2 Å². The highest BCUT2D eigenvalue weighted by Crippen LogP contribution is 2.45. The molecule has 1 amide bonds. The SMILES string of the molecule is CCOc1ccc2nc(N3C(=O)C(=O)C(=C(O)c4ccc5c(c4)C[C@H](C)O5)[C@H]3c3ccc(O)cc3)sc2c1. The minimum atomic E-state index is -0.939. The largest absolute Gasteiger partial charge is 0.508 e. The molecule has 0 radical (unpaired) electrons. The lowest BCUT2D eigenvalue weighted by atomic mass is 9.94. The van der Waals surface area contributed by atoms with Crippen LogP contribution < -0.4 is 14.4 Å². The Hall–Kier alpha value is -4.37. The third-order valence-electron chi connectivity index (χ3n) is 6.69. The fraction of sp³-hybridized carbons (Fsp3) is 0.207. The third kappa shape index (κ3) is 3.95. The van der Waals surface area contributed by atoms with Crippen molar-refractivity contribution in [2.75, 3.05) is 11.5 Å². The summed E-state index contributed by atoms with van der Waals surface area (Å²) in [7, 11) is 0. The van der Waals surface area contributed by atoms with E-state index in [9.17, 15) is 19.8 Å². The maximum atomic E-state index is 13.5. The molecule has 192 valence electrons. The summed E-state index contributed by atoms with van der Waals surface area (Å²) in [5, 5.41) is 21.6. The molecular formula is C29H24N2O6S. The summed E-state index contributed by atoms with van der Waals surface area (Å²) in [4.78, 5) is 32.9. The van der Waals surface area contributed by atoms with Gasteiger partial charge in [-0.25, -0.2) is 4.98 Å². The lowest BCUT2D eigenvalue weighted by molar-refractivity contribution is -0.132. The fourth-order valence-corrected chi connectivity index (χ4v) is 6.00. The number of phenols is 1. The van der Waals surface area contributed by atoms with Gasteiger partial charge < -0.3 is 19.7 Å². The number of aliphatic hydroxyl groups excluding tert-OH is 1. The number of benzene rings is 3. The molecule has 9 heteroatoms. The number of aliphatic hydroxyl groups is 1. The molecule has 2 atom stereocenters. The van der Waals surface area contributed by atoms with Gasteiger partial charge in [-0.1, -0.05) is 23.5 Å². The van der Waals surface area contributed by atoms with Crippen molar-refractivity contribution in [2.45, 2.75) is 32.4 Å². The van der Waals surface area contributed by atoms with Crippen molar-refractivity contribution in [3.05, 3.63) is 82.9 Å². The molecule has 8 nitrogen and oxygen atoms in total. The van der Waals surface area contributed by atoms with Crippen molar-refractivity contribution in [3.63, 3.8) is 0 Å². The van der Waals surface area contributed by atoms with Crippen LogP contribution in [0.4, 0.5) is 5.13 Å². The van der Waals surface area contributed by atoms with Gasteiger partial charge in [-0.15, -0.1) is 0 Å². The number of hydrogen-bond donors (Lipinski definition) is 2. The number of thiazole rings is 1. The molecule has 4 aromatic rings. The number of anilines is 1. The van der Waals surface area contributed by atoms with E-state index in [0.717, 1.165) is 16.0 Å². The molecule has 1 saturated heterocycles. The minimum absolute atomic E-state index is 0.0206. The first kappa shape index (κ1) is 24.0. The maximum absolute atomic E-state index is 13.5. The zero-order chi connectivity index (χ0) is 26.6. The normalized spacial score (nSPS) is 20.1. The van der Waals surface area contributed by atoms with Crippen molar-refractivity contribution < 1.29 is 29.3 Å². The number of carbonyl (C=O) groups excluding carboxylic acids is 2. The van der Waals surface area contributed by atoms with E-state index in [1.165, 1.54) is 28.4 Å². The second kappa shape index (κ2) is 9.18. The molecule has 0 aliphatic carbocycles. The second-order valence-electron chi connectivity index (χ2n) is 9.27. The van der Waals surface area contributed by atoms with Crippen LogP contribution in [-0.4, -0.2) is 39.6 Å². The molecule has 0 saturated carbocycles. The monoisotopic (exact) mass is 528 g/mol. The van der Waals surface area contributed by atoms with Gasteiger partial charge in [-0.3, -0.25) is 14.5 Å². The highest BCUT2D eigenvalue weighted by atomic mass is 32.1. The number of ketones is 1. The predicted octanol–water partition coefficient (Wildman–Crippen LogP) is 5.35. The Balaban J connectivity index is 1.50. The number of Topliss-reactive ketones (excluding diaryl/α,β-unsaturated/α-hetero) is 1. The molecule has 0 unspecified atom stereocenters. The Bertz CT molecular complexity index is 1620. The highest BCUT2D eigenvalue weighted by molar-refractivity contribution is 7.22. The summed E-state index contributed by atoms with van der Waals surface area (Å²) < 4.78 is 12.2. The van der Waals surface area contributed by atoms with Crippen LogP contribution in [0.25, 0.3) is 16.0 Å². The van der Waals surface area contributed by atoms with E-state index >= 15 is 0 Å². The number of nitrogens with zero attached hydrogens (tertiary/aromatic N) is 2. The number of fused-ring (bicyclic) bond motifs is 2. The van der Waals surface area contributed by atoms with E-state index in [1.807, 2.05) is 19.9 Å². The molecule has 3 heterocycles. The van der Waals surface area contributed by atoms with Crippen molar-refractivity contribution in [1.82, 2.24) is 4.98 Å². The predicted molar refractivity (Wildman–Crippen MR) is 144 cm³/mol. The van der Waals surface area contributed by atoms with Crippen molar-refractivity contribution in [2.24, 2.45) is 0 Å². The van der Waals surface area contributed by atoms with Crippen LogP contribution in [0.1, 0.15) is 36.6 Å². The van der Waals surface area contributed by atoms with Crippen LogP contribution >= 0.6 is 11.3 Å². The number of amides is 1. The number of carbonyl (C=O) groups is 2. The van der Waals surface area contributed by atoms with E-state index in [-0.39, 0.29) is 23.2 Å². The maximum Gasteiger partial charge on any atom is 0.301 e. The van der Waals surface area contributed by atoms with Gasteiger partial charge in [0.25, 0.3) is 5.78 Å². The average Bonchev–Trinajstić information content (AvgIpc) is 3.56. The van der Waals surface area contributed by atoms with Gasteiger partial charge >= 0.3 is 5.91 Å². The number of phenolic OH excluding ortho intramolecular Hbond substituents is 1. The van der Waals surface area contributed by atoms with Gasteiger partial charge in [0.2, 0.25) is 0 Å². The van der Waals surface area contributed by atoms with Gasteiger partial charge in [0, 0.05) is 12.0 Å². The molecule has 2 aliphatic heterocycles. The highest BCUT2D eigenvalue weighted by Gasteiger charge is 2.48. The van der Waals surface area contributed by atoms with Crippen molar-refractivity contribution >= 4 is 44.1 Å².